The van der Waals surface area contributed by atoms with Crippen LogP contribution in [0.15, 0.2) is 0 Å². The largest absolute Gasteiger partial charge is 0.394 e. The molecule has 18 heteroatoms. The Balaban J connectivity index is 0.000000511. The molecular weight excluding hydrogens is 388 g/mol. The molecule has 0 aromatic rings. The van der Waals surface area contributed by atoms with Crippen molar-refractivity contribution in [3.05, 3.63) is 30.3 Å². The molecule has 27 heavy (non-hydrogen) atoms. The average molecular weight is 406 g/mol. The van der Waals surface area contributed by atoms with Gasteiger partial charge in [-0.3, -0.25) is 0 Å². The zero-order chi connectivity index (χ0) is 21.1. The zero-order valence-corrected chi connectivity index (χ0v) is 13.4. The molecule has 6 N–H and O–H groups in total. The number of hydrogen-bond acceptors (Lipinski definition) is 15. The maximum Gasteiger partial charge on any atom is 0.294 e. The lowest BCUT2D eigenvalue weighted by Gasteiger charge is -2.38. The highest BCUT2D eigenvalue weighted by atomic mass is 17.0. The average Bonchev–Trinajstić information content (AvgIpc) is 2.58. The van der Waals surface area contributed by atoms with Crippen LogP contribution in [0.25, 0.3) is 0 Å². The number of hydrogen-bond donors (Lipinski definition) is 5. The van der Waals surface area contributed by atoms with Crippen molar-refractivity contribution >= 4 is 0 Å². The normalized spacial score (nSPS) is 27.1. The molecule has 0 saturated carbocycles. The molecule has 0 aromatic carbocycles. The van der Waals surface area contributed by atoms with E-state index >= 15 is 0 Å². The third-order valence-corrected chi connectivity index (χ3v) is 2.92. The highest BCUT2D eigenvalue weighted by molar-refractivity contribution is 4.90. The fourth-order valence-corrected chi connectivity index (χ4v) is 1.64. The van der Waals surface area contributed by atoms with Crippen LogP contribution < -0.4 is 5.73 Å². The Morgan fingerprint density at radius 3 is 1.81 bits per heavy atom. The fourth-order valence-electron chi connectivity index (χ4n) is 1.64. The zero-order valence-electron chi connectivity index (χ0n) is 13.4. The van der Waals surface area contributed by atoms with Gasteiger partial charge < -0.3 is 45.4 Å². The molecule has 0 aliphatic carbocycles. The van der Waals surface area contributed by atoms with Crippen molar-refractivity contribution in [1.82, 2.24) is 0 Å². The molecular formula is C9H18N4O14. The summed E-state index contributed by atoms with van der Waals surface area (Å²) in [4.78, 5) is 40.5. The SMILES string of the molecule is N[C@H]1C(O)O[C@H](CO)[C@@H](O)[C@@H]1O.O=[N+]([O-])OCC(CO[N+](=O)[O-])O[N+](=O)[O-]. The Morgan fingerprint density at radius 1 is 0.963 bits per heavy atom. The molecule has 0 aromatic heterocycles. The summed E-state index contributed by atoms with van der Waals surface area (Å²) in [6, 6.07) is -1.04. The number of ether oxygens (including phenoxy) is 1. The lowest BCUT2D eigenvalue weighted by atomic mass is 9.98. The quantitative estimate of drug-likeness (QED) is 0.179. The van der Waals surface area contributed by atoms with Crippen molar-refractivity contribution in [2.45, 2.75) is 36.7 Å². The maximum absolute atomic E-state index is 9.83. The van der Waals surface area contributed by atoms with Gasteiger partial charge in [0, 0.05) is 0 Å². The van der Waals surface area contributed by atoms with Gasteiger partial charge in [0.2, 0.25) is 0 Å². The molecule has 1 fully saturated rings. The van der Waals surface area contributed by atoms with Crippen LogP contribution in [0.3, 0.4) is 0 Å². The van der Waals surface area contributed by atoms with Crippen LogP contribution in [0.1, 0.15) is 0 Å². The molecule has 1 unspecified atom stereocenters. The van der Waals surface area contributed by atoms with Gasteiger partial charge in [0.15, 0.2) is 12.4 Å². The first kappa shape index (κ1) is 24.4. The van der Waals surface area contributed by atoms with Crippen LogP contribution in [0, 0.1) is 30.3 Å². The maximum atomic E-state index is 9.83. The first-order valence-corrected chi connectivity index (χ1v) is 6.91. The molecule has 1 saturated heterocycles. The minimum atomic E-state index is -1.55. The molecule has 1 aliphatic heterocycles. The van der Waals surface area contributed by atoms with Crippen LogP contribution in [0.5, 0.6) is 0 Å². The van der Waals surface area contributed by atoms with Gasteiger partial charge >= 0.3 is 0 Å². The molecule has 0 bridgehead atoms. The van der Waals surface area contributed by atoms with Gasteiger partial charge in [-0.1, -0.05) is 0 Å². The van der Waals surface area contributed by atoms with E-state index in [4.69, 9.17) is 20.7 Å². The highest BCUT2D eigenvalue weighted by Crippen LogP contribution is 2.17. The third-order valence-electron chi connectivity index (χ3n) is 2.92. The summed E-state index contributed by atoms with van der Waals surface area (Å²) in [5.74, 6) is 0. The van der Waals surface area contributed by atoms with Gasteiger partial charge in [0.25, 0.3) is 15.3 Å². The van der Waals surface area contributed by atoms with Crippen LogP contribution in [-0.2, 0) is 19.2 Å². The molecule has 1 heterocycles. The van der Waals surface area contributed by atoms with E-state index in [1.807, 2.05) is 0 Å². The summed E-state index contributed by atoms with van der Waals surface area (Å²) in [6.07, 6.45) is -6.40. The fraction of sp³-hybridized carbons (Fsp3) is 1.00. The van der Waals surface area contributed by atoms with E-state index in [2.05, 4.69) is 14.5 Å². The second-order valence-electron chi connectivity index (χ2n) is 4.80. The molecule has 5 atom stereocenters. The second kappa shape index (κ2) is 11.9. The molecule has 158 valence electrons. The Hall–Kier alpha value is -2.64. The predicted molar refractivity (Wildman–Crippen MR) is 75.7 cm³/mol. The lowest BCUT2D eigenvalue weighted by molar-refractivity contribution is -0.803. The number of nitrogens with two attached hydrogens (primary N) is 1. The molecule has 0 spiro atoms. The van der Waals surface area contributed by atoms with Crippen LogP contribution in [-0.4, -0.2) is 92.3 Å². The third kappa shape index (κ3) is 9.58. The lowest BCUT2D eigenvalue weighted by Crippen LogP contribution is -2.61. The summed E-state index contributed by atoms with van der Waals surface area (Å²) in [7, 11) is 0. The van der Waals surface area contributed by atoms with E-state index in [9.17, 15) is 40.6 Å². The smallest absolute Gasteiger partial charge is 0.294 e. The Bertz CT molecular complexity index is 470. The van der Waals surface area contributed by atoms with Crippen molar-refractivity contribution in [3.8, 4) is 0 Å². The van der Waals surface area contributed by atoms with Gasteiger partial charge in [-0.15, -0.1) is 30.3 Å². The summed E-state index contributed by atoms with van der Waals surface area (Å²) < 4.78 is 4.70. The summed E-state index contributed by atoms with van der Waals surface area (Å²) in [6.45, 7) is -2.16. The van der Waals surface area contributed by atoms with Gasteiger partial charge in [0.1, 0.15) is 31.5 Å². The summed E-state index contributed by atoms with van der Waals surface area (Å²) in [5.41, 5.74) is 5.26. The predicted octanol–water partition coefficient (Wildman–Crippen LogP) is -4.28. The van der Waals surface area contributed by atoms with Gasteiger partial charge in [0.05, 0.1) is 12.6 Å². The highest BCUT2D eigenvalue weighted by Gasteiger charge is 2.41. The molecule has 1 rings (SSSR count). The Morgan fingerprint density at radius 2 is 1.44 bits per heavy atom. The van der Waals surface area contributed by atoms with Crippen molar-refractivity contribution in [2.75, 3.05) is 19.8 Å². The van der Waals surface area contributed by atoms with E-state index in [0.717, 1.165) is 0 Å². The number of nitrogens with zero attached hydrogens (tertiary/aromatic N) is 3. The van der Waals surface area contributed by atoms with E-state index in [0.29, 0.717) is 0 Å². The van der Waals surface area contributed by atoms with E-state index in [1.165, 1.54) is 0 Å². The molecule has 1 aliphatic rings. The van der Waals surface area contributed by atoms with E-state index in [1.54, 1.807) is 0 Å². The minimum absolute atomic E-state index is 0.470. The standard InChI is InChI=1S/C6H13NO5.C3H5N3O9/c7-3-5(10)4(9)2(1-8)12-6(3)11;7-4(8)13-1-3(15-6(11)12)2-14-5(9)10/h2-6,8-11H,1,7H2;3H,1-2H2/t2-,3-,4-,5-,6?;/m1./s1. The molecule has 18 nitrogen and oxygen atoms in total. The summed E-state index contributed by atoms with van der Waals surface area (Å²) >= 11 is 0. The summed E-state index contributed by atoms with van der Waals surface area (Å²) in [5, 5.41) is 61.6. The number of aliphatic hydroxyl groups is 4. The number of aliphatic hydroxyl groups excluding tert-OH is 4. The molecule has 0 amide bonds. The second-order valence-corrected chi connectivity index (χ2v) is 4.80. The Kier molecular flexibility index (Phi) is 10.7. The van der Waals surface area contributed by atoms with Crippen molar-refractivity contribution < 1.29 is 54.9 Å². The van der Waals surface area contributed by atoms with Crippen molar-refractivity contribution in [1.29, 1.82) is 0 Å². The van der Waals surface area contributed by atoms with Crippen molar-refractivity contribution in [2.24, 2.45) is 5.73 Å². The first-order chi connectivity index (χ1) is 12.5. The van der Waals surface area contributed by atoms with Gasteiger partial charge in [-0.25, -0.2) is 0 Å². The topological polar surface area (TPSA) is 273 Å². The molecule has 0 radical (unpaired) electrons. The van der Waals surface area contributed by atoms with Crippen LogP contribution >= 0.6 is 0 Å². The van der Waals surface area contributed by atoms with Gasteiger partial charge in [-0.05, 0) is 0 Å². The first-order valence-electron chi connectivity index (χ1n) is 6.91. The van der Waals surface area contributed by atoms with Gasteiger partial charge in [-0.2, -0.15) is 0 Å². The monoisotopic (exact) mass is 406 g/mol. The number of rotatable bonds is 9. The van der Waals surface area contributed by atoms with Crippen LogP contribution in [0.4, 0.5) is 0 Å². The van der Waals surface area contributed by atoms with Crippen molar-refractivity contribution in [3.63, 3.8) is 0 Å². The minimum Gasteiger partial charge on any atom is -0.394 e. The van der Waals surface area contributed by atoms with Crippen LogP contribution in [0.2, 0.25) is 0 Å². The van der Waals surface area contributed by atoms with E-state index < -0.39 is 71.8 Å². The Labute approximate surface area is 148 Å². The van der Waals surface area contributed by atoms with E-state index in [-0.39, 0.29) is 0 Å².